The van der Waals surface area contributed by atoms with Crippen molar-refractivity contribution in [1.29, 1.82) is 0 Å². The Labute approximate surface area is 119 Å². The highest BCUT2D eigenvalue weighted by Gasteiger charge is 2.09. The van der Waals surface area contributed by atoms with Gasteiger partial charge in [-0.3, -0.25) is 9.69 Å². The summed E-state index contributed by atoms with van der Waals surface area (Å²) >= 11 is 5.97. The second-order valence-electron chi connectivity index (χ2n) is 4.23. The first kappa shape index (κ1) is 16.0. The number of hydrogen-bond acceptors (Lipinski definition) is 4. The van der Waals surface area contributed by atoms with Gasteiger partial charge in [-0.15, -0.1) is 0 Å². The van der Waals surface area contributed by atoms with Crippen molar-refractivity contribution in [2.45, 2.75) is 13.0 Å². The largest absolute Gasteiger partial charge is 0.469 e. The topological polar surface area (TPSA) is 38.8 Å². The number of nitrogens with zero attached hydrogens (tertiary/aromatic N) is 1. The maximum Gasteiger partial charge on any atom is 0.306 e. The highest BCUT2D eigenvalue weighted by molar-refractivity contribution is 6.30. The van der Waals surface area contributed by atoms with E-state index in [1.807, 2.05) is 24.3 Å². The molecule has 4 nitrogen and oxygen atoms in total. The molecule has 0 heterocycles. The van der Waals surface area contributed by atoms with E-state index in [2.05, 4.69) is 9.64 Å². The molecule has 5 heteroatoms. The lowest BCUT2D eigenvalue weighted by molar-refractivity contribution is -0.141. The number of rotatable bonds is 8. The van der Waals surface area contributed by atoms with Crippen LogP contribution in [0.1, 0.15) is 12.0 Å². The minimum absolute atomic E-state index is 0.200. The predicted molar refractivity (Wildman–Crippen MR) is 75.2 cm³/mol. The zero-order valence-corrected chi connectivity index (χ0v) is 12.2. The summed E-state index contributed by atoms with van der Waals surface area (Å²) in [6, 6.07) is 7.72. The smallest absolute Gasteiger partial charge is 0.306 e. The minimum atomic E-state index is -0.200. The van der Waals surface area contributed by atoms with Crippen molar-refractivity contribution in [1.82, 2.24) is 4.90 Å². The van der Waals surface area contributed by atoms with Crippen LogP contribution < -0.4 is 0 Å². The number of carbonyl (C=O) groups is 1. The third kappa shape index (κ3) is 6.57. The first-order valence-electron chi connectivity index (χ1n) is 6.18. The summed E-state index contributed by atoms with van der Waals surface area (Å²) in [6.45, 7) is 2.77. The zero-order chi connectivity index (χ0) is 14.1. The molecule has 0 spiro atoms. The Kier molecular flexibility index (Phi) is 7.48. The number of benzene rings is 1. The number of hydrogen-bond donors (Lipinski definition) is 0. The maximum absolute atomic E-state index is 11.2. The quantitative estimate of drug-likeness (QED) is 0.687. The van der Waals surface area contributed by atoms with Crippen LogP contribution in [0.4, 0.5) is 0 Å². The molecular weight excluding hydrogens is 266 g/mol. The molecule has 1 aromatic carbocycles. The summed E-state index contributed by atoms with van der Waals surface area (Å²) in [5.41, 5.74) is 1.12. The Morgan fingerprint density at radius 1 is 1.32 bits per heavy atom. The lowest BCUT2D eigenvalue weighted by Crippen LogP contribution is -2.29. The van der Waals surface area contributed by atoms with E-state index < -0.39 is 0 Å². The molecule has 0 amide bonds. The molecule has 0 N–H and O–H groups in total. The van der Waals surface area contributed by atoms with E-state index >= 15 is 0 Å². The van der Waals surface area contributed by atoms with Gasteiger partial charge in [-0.1, -0.05) is 23.7 Å². The molecule has 19 heavy (non-hydrogen) atoms. The molecule has 0 unspecified atom stereocenters. The van der Waals surface area contributed by atoms with Gasteiger partial charge in [0.1, 0.15) is 0 Å². The number of methoxy groups -OCH3 is 2. The summed E-state index contributed by atoms with van der Waals surface area (Å²) in [6.07, 6.45) is 0.376. The second kappa shape index (κ2) is 8.91. The van der Waals surface area contributed by atoms with E-state index in [1.165, 1.54) is 7.11 Å². The molecule has 1 aromatic rings. The fourth-order valence-electron chi connectivity index (χ4n) is 1.74. The van der Waals surface area contributed by atoms with Crippen LogP contribution in [0.2, 0.25) is 5.02 Å². The first-order chi connectivity index (χ1) is 9.15. The van der Waals surface area contributed by atoms with Crippen LogP contribution >= 0.6 is 11.6 Å². The van der Waals surface area contributed by atoms with Crippen LogP contribution in [0.3, 0.4) is 0 Å². The van der Waals surface area contributed by atoms with Gasteiger partial charge in [0.05, 0.1) is 20.1 Å². The van der Waals surface area contributed by atoms with Crippen molar-refractivity contribution in [3.63, 3.8) is 0 Å². The summed E-state index contributed by atoms with van der Waals surface area (Å²) in [7, 11) is 3.07. The van der Waals surface area contributed by atoms with Gasteiger partial charge in [0, 0.05) is 31.8 Å². The summed E-state index contributed by atoms with van der Waals surface area (Å²) in [5, 5.41) is 0.720. The number of carbonyl (C=O) groups excluding carboxylic acids is 1. The average Bonchev–Trinajstić information content (AvgIpc) is 2.41. The van der Waals surface area contributed by atoms with Crippen molar-refractivity contribution in [2.24, 2.45) is 0 Å². The van der Waals surface area contributed by atoms with Gasteiger partial charge in [-0.2, -0.15) is 0 Å². The van der Waals surface area contributed by atoms with Gasteiger partial charge in [-0.25, -0.2) is 0 Å². The third-order valence-electron chi connectivity index (χ3n) is 2.77. The fraction of sp³-hybridized carbons (Fsp3) is 0.500. The number of ether oxygens (including phenoxy) is 2. The molecule has 0 aliphatic heterocycles. The SMILES string of the molecule is COCCN(CCC(=O)OC)Cc1cccc(Cl)c1. The first-order valence-corrected chi connectivity index (χ1v) is 6.56. The van der Waals surface area contributed by atoms with Gasteiger partial charge in [-0.05, 0) is 17.7 Å². The highest BCUT2D eigenvalue weighted by Crippen LogP contribution is 2.13. The summed E-state index contributed by atoms with van der Waals surface area (Å²) < 4.78 is 9.74. The zero-order valence-electron chi connectivity index (χ0n) is 11.4. The van der Waals surface area contributed by atoms with Crippen molar-refractivity contribution in [3.8, 4) is 0 Å². The van der Waals surface area contributed by atoms with Crippen molar-refractivity contribution >= 4 is 17.6 Å². The molecule has 0 aliphatic carbocycles. The van der Waals surface area contributed by atoms with Gasteiger partial charge in [0.2, 0.25) is 0 Å². The molecule has 106 valence electrons. The summed E-state index contributed by atoms with van der Waals surface area (Å²) in [5.74, 6) is -0.200. The number of halogens is 1. The van der Waals surface area contributed by atoms with Crippen LogP contribution in [-0.4, -0.2) is 44.8 Å². The van der Waals surface area contributed by atoms with Crippen molar-refractivity contribution in [2.75, 3.05) is 33.9 Å². The van der Waals surface area contributed by atoms with Crippen LogP contribution in [0, 0.1) is 0 Å². The van der Waals surface area contributed by atoms with Crippen LogP contribution in [-0.2, 0) is 20.8 Å². The molecule has 0 aliphatic rings. The second-order valence-corrected chi connectivity index (χ2v) is 4.66. The third-order valence-corrected chi connectivity index (χ3v) is 3.00. The van der Waals surface area contributed by atoms with Gasteiger partial charge < -0.3 is 9.47 Å². The maximum atomic E-state index is 11.2. The van der Waals surface area contributed by atoms with Crippen LogP contribution in [0.25, 0.3) is 0 Å². The van der Waals surface area contributed by atoms with Crippen molar-refractivity contribution < 1.29 is 14.3 Å². The molecule has 0 fully saturated rings. The van der Waals surface area contributed by atoms with Gasteiger partial charge in [0.25, 0.3) is 0 Å². The molecule has 0 aromatic heterocycles. The molecule has 0 atom stereocenters. The fourth-order valence-corrected chi connectivity index (χ4v) is 1.95. The Morgan fingerprint density at radius 3 is 2.74 bits per heavy atom. The Bertz CT molecular complexity index is 398. The lowest BCUT2D eigenvalue weighted by Gasteiger charge is -2.21. The van der Waals surface area contributed by atoms with Crippen LogP contribution in [0.5, 0.6) is 0 Å². The molecule has 0 bridgehead atoms. The van der Waals surface area contributed by atoms with E-state index in [9.17, 15) is 4.79 Å². The Morgan fingerprint density at radius 2 is 2.11 bits per heavy atom. The standard InChI is InChI=1S/C14H20ClNO3/c1-18-9-8-16(7-6-14(17)19-2)11-12-4-3-5-13(15)10-12/h3-5,10H,6-9,11H2,1-2H3. The lowest BCUT2D eigenvalue weighted by atomic mass is 10.2. The molecular formula is C14H20ClNO3. The molecule has 0 saturated carbocycles. The molecule has 0 saturated heterocycles. The van der Waals surface area contributed by atoms with Crippen LogP contribution in [0.15, 0.2) is 24.3 Å². The van der Waals surface area contributed by atoms with E-state index in [0.717, 1.165) is 23.7 Å². The Hall–Kier alpha value is -1.10. The highest BCUT2D eigenvalue weighted by atomic mass is 35.5. The number of esters is 1. The van der Waals surface area contributed by atoms with E-state index in [0.29, 0.717) is 19.6 Å². The summed E-state index contributed by atoms with van der Waals surface area (Å²) in [4.78, 5) is 13.3. The van der Waals surface area contributed by atoms with E-state index in [-0.39, 0.29) is 5.97 Å². The molecule has 0 radical (unpaired) electrons. The predicted octanol–water partition coefficient (Wildman–Crippen LogP) is 2.35. The Balaban J connectivity index is 2.55. The van der Waals surface area contributed by atoms with Crippen molar-refractivity contribution in [3.05, 3.63) is 34.9 Å². The minimum Gasteiger partial charge on any atom is -0.469 e. The normalized spacial score (nSPS) is 10.7. The van der Waals surface area contributed by atoms with Gasteiger partial charge in [0.15, 0.2) is 0 Å². The van der Waals surface area contributed by atoms with Gasteiger partial charge >= 0.3 is 5.97 Å². The van der Waals surface area contributed by atoms with E-state index in [1.54, 1.807) is 7.11 Å². The average molecular weight is 286 g/mol. The monoisotopic (exact) mass is 285 g/mol. The molecule has 1 rings (SSSR count). The van der Waals surface area contributed by atoms with E-state index in [4.69, 9.17) is 16.3 Å².